The van der Waals surface area contributed by atoms with E-state index in [1.54, 1.807) is 0 Å². The number of allylic oxidation sites excluding steroid dienone is 4. The van der Waals surface area contributed by atoms with Gasteiger partial charge in [0.1, 0.15) is 0 Å². The molecule has 5 fully saturated rings. The number of nitrogens with one attached hydrogen (secondary N) is 6. The summed E-state index contributed by atoms with van der Waals surface area (Å²) < 4.78 is 41.1. The smallest absolute Gasteiger partial charge is 0.369 e. The van der Waals surface area contributed by atoms with Gasteiger partial charge in [-0.3, -0.25) is 14.7 Å². The van der Waals surface area contributed by atoms with Crippen LogP contribution in [0.15, 0.2) is 71.2 Å². The van der Waals surface area contributed by atoms with Crippen LogP contribution in [0.2, 0.25) is 5.02 Å². The van der Waals surface area contributed by atoms with Crippen LogP contribution in [-0.2, 0) is 17.4 Å². The molecule has 2 aliphatic carbocycles. The fourth-order valence-corrected chi connectivity index (χ4v) is 16.3. The molecule has 90 heavy (non-hydrogen) atoms. The Balaban J connectivity index is 1.19. The Morgan fingerprint density at radius 3 is 2.23 bits per heavy atom. The minimum absolute atomic E-state index is 0.0491. The van der Waals surface area contributed by atoms with E-state index >= 15 is 0 Å². The lowest BCUT2D eigenvalue weighted by molar-refractivity contribution is -0.162. The number of hydrogen-bond donors (Lipinski definition) is 6. The lowest BCUT2D eigenvalue weighted by Crippen LogP contribution is -2.76. The Kier molecular flexibility index (Phi) is 29.3. The molecule has 3 saturated heterocycles. The van der Waals surface area contributed by atoms with Crippen molar-refractivity contribution in [1.82, 2.24) is 56.4 Å². The van der Waals surface area contributed by atoms with Crippen molar-refractivity contribution in [2.75, 3.05) is 66.5 Å². The van der Waals surface area contributed by atoms with E-state index in [1.807, 2.05) is 18.5 Å². The summed E-state index contributed by atoms with van der Waals surface area (Å²) in [7, 11) is 4.32. The molecule has 17 heteroatoms. The predicted molar refractivity (Wildman–Crippen MR) is 370 cm³/mol. The van der Waals surface area contributed by atoms with E-state index in [-0.39, 0.29) is 70.9 Å². The van der Waals surface area contributed by atoms with Crippen LogP contribution in [0.25, 0.3) is 0 Å². The first kappa shape index (κ1) is 73.8. The topological polar surface area (TPSA) is 118 Å². The van der Waals surface area contributed by atoms with Crippen LogP contribution in [-0.4, -0.2) is 163 Å². The maximum atomic E-state index is 14.8. The third-order valence-corrected chi connectivity index (χ3v) is 22.1. The summed E-state index contributed by atoms with van der Waals surface area (Å²) in [4.78, 5) is 31.8. The van der Waals surface area contributed by atoms with Crippen LogP contribution in [0, 0.1) is 29.6 Å². The third kappa shape index (κ3) is 21.2. The zero-order chi connectivity index (χ0) is 65.1. The van der Waals surface area contributed by atoms with Crippen molar-refractivity contribution >= 4 is 23.7 Å². The monoisotopic (exact) mass is 1280 g/mol. The van der Waals surface area contributed by atoms with Crippen molar-refractivity contribution in [2.24, 2.45) is 34.6 Å². The lowest BCUT2D eigenvalue weighted by atomic mass is 9.74. The van der Waals surface area contributed by atoms with Gasteiger partial charge >= 0.3 is 6.18 Å². The molecule has 13 nitrogen and oxygen atoms in total. The van der Waals surface area contributed by atoms with Gasteiger partial charge < -0.3 is 51.5 Å². The number of amides is 1. The molecule has 6 N–H and O–H groups in total. The SMILES string of the molecule is CC[C@H](C)[C@H]1CN[C@@H](CCC(C)C)C(C)NCC2[C@@H](C(=O)N3CCCCC3)C(C)N2[C@@H](C(C)C)C(C)NC2(CCCC2)CNCCN=CC=C(CCc2ccc(C(F)(F)F)c(Cl)c2)NC=CN(C)C=C(CC2CCCCC2)N(C)C=C2CCCN2[C@@H](C)C(C)N1. The zero-order valence-corrected chi connectivity index (χ0v) is 58.9. The summed E-state index contributed by atoms with van der Waals surface area (Å²) in [5, 5.41) is 24.0. The van der Waals surface area contributed by atoms with E-state index in [0.29, 0.717) is 49.0 Å². The lowest BCUT2D eigenvalue weighted by Gasteiger charge is -2.60. The molecule has 0 radical (unpaired) electrons. The highest BCUT2D eigenvalue weighted by molar-refractivity contribution is 6.31. The number of likely N-dealkylation sites (tertiary alicyclic amines) is 1. The van der Waals surface area contributed by atoms with E-state index < -0.39 is 11.7 Å². The van der Waals surface area contributed by atoms with E-state index in [0.717, 1.165) is 127 Å². The normalized spacial score (nSPS) is 29.9. The van der Waals surface area contributed by atoms with Gasteiger partial charge in [-0.05, 0) is 159 Å². The maximum Gasteiger partial charge on any atom is 0.417 e. The fraction of sp³-hybridized carbons (Fsp3) is 0.781. The van der Waals surface area contributed by atoms with E-state index in [4.69, 9.17) is 16.6 Å². The Hall–Kier alpha value is -3.64. The highest BCUT2D eigenvalue weighted by atomic mass is 35.5. The molecule has 1 aromatic rings. The Morgan fingerprint density at radius 2 is 1.56 bits per heavy atom. The van der Waals surface area contributed by atoms with Crippen molar-refractivity contribution in [1.29, 1.82) is 0 Å². The van der Waals surface area contributed by atoms with Crippen molar-refractivity contribution in [3.8, 4) is 0 Å². The van der Waals surface area contributed by atoms with Crippen LogP contribution in [0.3, 0.4) is 0 Å². The van der Waals surface area contributed by atoms with Crippen LogP contribution >= 0.6 is 11.6 Å². The van der Waals surface area contributed by atoms with Crippen LogP contribution < -0.4 is 31.9 Å². The molecule has 2 saturated carbocycles. The first-order valence-electron chi connectivity index (χ1n) is 35.9. The number of fused-ring (bicyclic) bond motifs is 2. The Labute approximate surface area is 549 Å². The summed E-state index contributed by atoms with van der Waals surface area (Å²) in [5.41, 5.74) is 3.43. The first-order chi connectivity index (χ1) is 43.0. The maximum absolute atomic E-state index is 14.8. The number of benzene rings is 1. The van der Waals surface area contributed by atoms with E-state index in [9.17, 15) is 18.0 Å². The first-order valence-corrected chi connectivity index (χ1v) is 36.2. The summed E-state index contributed by atoms with van der Waals surface area (Å²) in [6.45, 7) is 32.8. The number of halogens is 4. The second-order valence-corrected chi connectivity index (χ2v) is 29.8. The Morgan fingerprint density at radius 1 is 0.833 bits per heavy atom. The number of aryl methyl sites for hydroxylation is 1. The average molecular weight is 1280 g/mol. The van der Waals surface area contributed by atoms with Gasteiger partial charge in [-0.1, -0.05) is 111 Å². The number of nitrogens with zero attached hydrogens (tertiary/aromatic N) is 6. The second-order valence-electron chi connectivity index (χ2n) is 29.4. The van der Waals surface area contributed by atoms with Crippen molar-refractivity contribution < 1.29 is 18.0 Å². The highest BCUT2D eigenvalue weighted by Crippen LogP contribution is 2.41. The summed E-state index contributed by atoms with van der Waals surface area (Å²) >= 11 is 6.21. The number of alkyl halides is 3. The molecule has 6 aliphatic rings. The van der Waals surface area contributed by atoms with Gasteiger partial charge in [-0.15, -0.1) is 0 Å². The van der Waals surface area contributed by atoms with Crippen LogP contribution in [0.4, 0.5) is 13.2 Å². The largest absolute Gasteiger partial charge is 0.417 e. The van der Waals surface area contributed by atoms with Gasteiger partial charge in [0, 0.05) is 168 Å². The van der Waals surface area contributed by atoms with Gasteiger partial charge in [-0.25, -0.2) is 0 Å². The zero-order valence-electron chi connectivity index (χ0n) is 58.2. The summed E-state index contributed by atoms with van der Waals surface area (Å²) in [5.74, 6) is 2.38. The van der Waals surface area contributed by atoms with Crippen LogP contribution in [0.1, 0.15) is 209 Å². The Bertz CT molecular complexity index is 2480. The molecule has 7 rings (SSSR count). The molecule has 4 aliphatic heterocycles. The molecule has 510 valence electrons. The minimum atomic E-state index is -4.51. The van der Waals surface area contributed by atoms with E-state index in [1.165, 1.54) is 74.9 Å². The standard InChI is InChI=1S/C73H124ClF3N12O/c1-14-53(6)67-46-82-66(32-27-51(2)3)55(8)81-47-68-69(71(90)87-40-21-16-22-41-87)58(11)89(68)70(52(4)5)56(9)84-72(34-19-20-35-72)50-79-38-37-78-36-33-61(30-28-60-29-31-64(65(74)45-60)73(75,76)77)80-39-43-85(12)48-63(44-59-24-17-15-18-25-59)86(13)49-62-26-23-42-88(62)57(10)54(7)83-67/h29,31,33,36,39,43,45,48-49,51-59,66-70,79-84H,14-28,30,32,34-35,37-38,40-42,44,46-47,50H2,1-13H3/t53-,54?,55?,56?,57-,58?,66-,67+,68?,69-,70-/m0/s1. The minimum Gasteiger partial charge on any atom is -0.369 e. The highest BCUT2D eigenvalue weighted by Gasteiger charge is 2.55. The number of aliphatic imine (C=N–C) groups is 1. The third-order valence-electron chi connectivity index (χ3n) is 21.7. The van der Waals surface area contributed by atoms with Gasteiger partial charge in [-0.2, -0.15) is 13.2 Å². The van der Waals surface area contributed by atoms with Crippen molar-refractivity contribution in [2.45, 2.75) is 271 Å². The summed E-state index contributed by atoms with van der Waals surface area (Å²) in [6.07, 6.45) is 30.0. The molecule has 1 amide bonds. The van der Waals surface area contributed by atoms with Crippen molar-refractivity contribution in [3.63, 3.8) is 0 Å². The number of carbonyl (C=O) groups is 1. The molecular weight excluding hydrogens is 1150 g/mol. The predicted octanol–water partition coefficient (Wildman–Crippen LogP) is 13.7. The molecule has 0 aromatic heterocycles. The van der Waals surface area contributed by atoms with Gasteiger partial charge in [0.2, 0.25) is 5.91 Å². The number of hydrogen-bond acceptors (Lipinski definition) is 12. The molecule has 5 unspecified atom stereocenters. The summed E-state index contributed by atoms with van der Waals surface area (Å²) in [6, 6.07) is 5.98. The van der Waals surface area contributed by atoms with Crippen LogP contribution in [0.5, 0.6) is 0 Å². The fourth-order valence-electron chi connectivity index (χ4n) is 16.0. The van der Waals surface area contributed by atoms with Gasteiger partial charge in [0.05, 0.1) is 23.0 Å². The number of rotatable bonds is 12. The molecule has 1 aromatic carbocycles. The average Bonchev–Trinajstić information content (AvgIpc) is 0.793. The quantitative estimate of drug-likeness (QED) is 0.120. The number of piperidine rings is 1. The molecule has 11 atom stereocenters. The second kappa shape index (κ2) is 35.7. The van der Waals surface area contributed by atoms with Crippen molar-refractivity contribution in [3.05, 3.63) is 82.3 Å². The number of carbonyl (C=O) groups excluding carboxylic acids is 1. The van der Waals surface area contributed by atoms with Gasteiger partial charge in [0.15, 0.2) is 0 Å². The van der Waals surface area contributed by atoms with E-state index in [2.05, 4.69) is 165 Å². The molecule has 4 heterocycles. The molecule has 0 bridgehead atoms. The molecular formula is C73H124ClF3N12O. The van der Waals surface area contributed by atoms with Gasteiger partial charge in [0.25, 0.3) is 0 Å². The molecule has 1 spiro atoms.